The zero-order valence-corrected chi connectivity index (χ0v) is 12.2. The molecule has 5 heteroatoms. The van der Waals surface area contributed by atoms with Gasteiger partial charge >= 0.3 is 0 Å². The van der Waals surface area contributed by atoms with Crippen molar-refractivity contribution in [2.75, 3.05) is 19.0 Å². The Morgan fingerprint density at radius 3 is 2.89 bits per heavy atom. The first-order valence-corrected chi connectivity index (χ1v) is 7.25. The molecule has 0 aromatic carbocycles. The lowest BCUT2D eigenvalue weighted by Gasteiger charge is -2.07. The first kappa shape index (κ1) is 15.0. The van der Waals surface area contributed by atoms with Gasteiger partial charge in [-0.3, -0.25) is 4.79 Å². The van der Waals surface area contributed by atoms with Crippen molar-refractivity contribution in [3.05, 3.63) is 23.9 Å². The molecule has 100 valence electrons. The van der Waals surface area contributed by atoms with Gasteiger partial charge in [-0.05, 0) is 25.0 Å². The van der Waals surface area contributed by atoms with E-state index < -0.39 is 0 Å². The van der Waals surface area contributed by atoms with Crippen LogP contribution in [0.3, 0.4) is 0 Å². The van der Waals surface area contributed by atoms with Crippen LogP contribution in [0.2, 0.25) is 0 Å². The molecule has 0 aliphatic carbocycles. The number of nitrogens with one attached hydrogen (secondary N) is 1. The summed E-state index contributed by atoms with van der Waals surface area (Å²) in [6.45, 7) is 0.694. The molecule has 0 fully saturated rings. The first-order valence-electron chi connectivity index (χ1n) is 6.12. The molecular formula is C13H19BrN2O2. The number of hydrogen-bond acceptors (Lipinski definition) is 3. The number of hydrogen-bond donors (Lipinski definition) is 1. The fraction of sp³-hybridized carbons (Fsp3) is 0.538. The predicted molar refractivity (Wildman–Crippen MR) is 75.4 cm³/mol. The Morgan fingerprint density at radius 1 is 1.39 bits per heavy atom. The highest BCUT2D eigenvalue weighted by atomic mass is 79.9. The van der Waals surface area contributed by atoms with Crippen molar-refractivity contribution in [1.82, 2.24) is 10.3 Å². The van der Waals surface area contributed by atoms with E-state index in [2.05, 4.69) is 26.2 Å². The van der Waals surface area contributed by atoms with E-state index in [0.717, 1.165) is 18.2 Å². The van der Waals surface area contributed by atoms with Crippen molar-refractivity contribution in [1.29, 1.82) is 0 Å². The smallest absolute Gasteiger partial charge is 0.256 e. The molecule has 1 N–H and O–H groups in total. The topological polar surface area (TPSA) is 51.2 Å². The molecule has 0 aliphatic rings. The van der Waals surface area contributed by atoms with E-state index in [1.807, 2.05) is 0 Å². The minimum absolute atomic E-state index is 0.125. The molecule has 0 unspecified atom stereocenters. The van der Waals surface area contributed by atoms with Crippen LogP contribution in [0.1, 0.15) is 36.0 Å². The van der Waals surface area contributed by atoms with Crippen LogP contribution in [-0.2, 0) is 0 Å². The molecule has 0 aliphatic heterocycles. The van der Waals surface area contributed by atoms with Crippen molar-refractivity contribution in [3.63, 3.8) is 0 Å². The molecule has 18 heavy (non-hydrogen) atoms. The van der Waals surface area contributed by atoms with Crippen molar-refractivity contribution >= 4 is 21.8 Å². The number of amides is 1. The summed E-state index contributed by atoms with van der Waals surface area (Å²) >= 11 is 3.40. The Balaban J connectivity index is 2.32. The number of rotatable bonds is 8. The SMILES string of the molecule is COc1ncccc1C(=O)NCCCCCCBr. The average molecular weight is 315 g/mol. The van der Waals surface area contributed by atoms with Gasteiger partial charge in [0.05, 0.1) is 7.11 Å². The summed E-state index contributed by atoms with van der Waals surface area (Å²) in [6, 6.07) is 3.44. The molecule has 1 aromatic rings. The quantitative estimate of drug-likeness (QED) is 0.593. The van der Waals surface area contributed by atoms with Gasteiger partial charge < -0.3 is 10.1 Å². The van der Waals surface area contributed by atoms with Crippen molar-refractivity contribution < 1.29 is 9.53 Å². The van der Waals surface area contributed by atoms with Crippen LogP contribution < -0.4 is 10.1 Å². The standard InChI is InChI=1S/C13H19BrN2O2/c1-18-13-11(7-6-10-16-13)12(17)15-9-5-3-2-4-8-14/h6-7,10H,2-5,8-9H2,1H3,(H,15,17). The number of ether oxygens (including phenoxy) is 1. The third-order valence-electron chi connectivity index (χ3n) is 2.56. The van der Waals surface area contributed by atoms with E-state index in [4.69, 9.17) is 4.74 Å². The predicted octanol–water partition coefficient (Wildman–Crippen LogP) is 2.78. The van der Waals surface area contributed by atoms with Crippen LogP contribution in [0.4, 0.5) is 0 Å². The Kier molecular flexibility index (Phi) is 7.41. The maximum Gasteiger partial charge on any atom is 0.256 e. The Bertz CT molecular complexity index is 372. The maximum atomic E-state index is 11.9. The van der Waals surface area contributed by atoms with E-state index in [-0.39, 0.29) is 5.91 Å². The van der Waals surface area contributed by atoms with Gasteiger partial charge in [0, 0.05) is 18.1 Å². The first-order chi connectivity index (χ1) is 8.79. The van der Waals surface area contributed by atoms with Crippen LogP contribution in [0, 0.1) is 0 Å². The molecule has 1 heterocycles. The third-order valence-corrected chi connectivity index (χ3v) is 3.12. The molecule has 1 rings (SSSR count). The van der Waals surface area contributed by atoms with Crippen molar-refractivity contribution in [2.45, 2.75) is 25.7 Å². The van der Waals surface area contributed by atoms with Gasteiger partial charge in [-0.2, -0.15) is 0 Å². The molecular weight excluding hydrogens is 296 g/mol. The lowest BCUT2D eigenvalue weighted by atomic mass is 10.2. The van der Waals surface area contributed by atoms with Crippen LogP contribution in [0.15, 0.2) is 18.3 Å². The van der Waals surface area contributed by atoms with Gasteiger partial charge in [-0.1, -0.05) is 28.8 Å². The number of alkyl halides is 1. The fourth-order valence-electron chi connectivity index (χ4n) is 1.60. The Morgan fingerprint density at radius 2 is 2.17 bits per heavy atom. The lowest BCUT2D eigenvalue weighted by molar-refractivity contribution is 0.0949. The van der Waals surface area contributed by atoms with E-state index in [0.29, 0.717) is 18.0 Å². The van der Waals surface area contributed by atoms with Gasteiger partial charge in [0.25, 0.3) is 5.91 Å². The normalized spacial score (nSPS) is 10.1. The average Bonchev–Trinajstić information content (AvgIpc) is 2.42. The number of pyridine rings is 1. The zero-order valence-electron chi connectivity index (χ0n) is 10.6. The summed E-state index contributed by atoms with van der Waals surface area (Å²) in [5.74, 6) is 0.245. The highest BCUT2D eigenvalue weighted by molar-refractivity contribution is 9.09. The minimum atomic E-state index is -0.125. The van der Waals surface area contributed by atoms with Crippen LogP contribution in [0.5, 0.6) is 5.88 Å². The van der Waals surface area contributed by atoms with Crippen LogP contribution in [0.25, 0.3) is 0 Å². The van der Waals surface area contributed by atoms with Crippen LogP contribution >= 0.6 is 15.9 Å². The molecule has 0 saturated heterocycles. The third kappa shape index (κ3) is 5.04. The number of nitrogens with zero attached hydrogens (tertiary/aromatic N) is 1. The Hall–Kier alpha value is -1.10. The maximum absolute atomic E-state index is 11.9. The van der Waals surface area contributed by atoms with Gasteiger partial charge in [0.2, 0.25) is 5.88 Å². The van der Waals surface area contributed by atoms with Crippen LogP contribution in [-0.4, -0.2) is 29.9 Å². The number of aromatic nitrogens is 1. The van der Waals surface area contributed by atoms with Gasteiger partial charge in [-0.25, -0.2) is 4.98 Å². The molecule has 4 nitrogen and oxygen atoms in total. The van der Waals surface area contributed by atoms with Gasteiger partial charge in [-0.15, -0.1) is 0 Å². The number of halogens is 1. The summed E-state index contributed by atoms with van der Waals surface area (Å²) in [7, 11) is 1.51. The number of unbranched alkanes of at least 4 members (excludes halogenated alkanes) is 3. The lowest BCUT2D eigenvalue weighted by Crippen LogP contribution is -2.25. The highest BCUT2D eigenvalue weighted by Gasteiger charge is 2.11. The second-order valence-corrected chi connectivity index (χ2v) is 4.71. The largest absolute Gasteiger partial charge is 0.480 e. The molecule has 0 saturated carbocycles. The van der Waals surface area contributed by atoms with Gasteiger partial charge in [0.1, 0.15) is 5.56 Å². The van der Waals surface area contributed by atoms with Crippen molar-refractivity contribution in [2.24, 2.45) is 0 Å². The van der Waals surface area contributed by atoms with E-state index in [1.54, 1.807) is 18.3 Å². The van der Waals surface area contributed by atoms with Gasteiger partial charge in [0.15, 0.2) is 0 Å². The minimum Gasteiger partial charge on any atom is -0.480 e. The second-order valence-electron chi connectivity index (χ2n) is 3.92. The molecule has 0 bridgehead atoms. The van der Waals surface area contributed by atoms with E-state index in [1.165, 1.54) is 20.0 Å². The summed E-state index contributed by atoms with van der Waals surface area (Å²) in [5, 5.41) is 3.93. The monoisotopic (exact) mass is 314 g/mol. The molecule has 0 radical (unpaired) electrons. The second kappa shape index (κ2) is 8.91. The summed E-state index contributed by atoms with van der Waals surface area (Å²) < 4.78 is 5.05. The number of methoxy groups -OCH3 is 1. The summed E-state index contributed by atoms with van der Waals surface area (Å²) in [5.41, 5.74) is 0.487. The Labute approximate surface area is 116 Å². The van der Waals surface area contributed by atoms with E-state index in [9.17, 15) is 4.79 Å². The summed E-state index contributed by atoms with van der Waals surface area (Å²) in [4.78, 5) is 15.9. The molecule has 0 spiro atoms. The fourth-order valence-corrected chi connectivity index (χ4v) is 1.99. The molecule has 0 atom stereocenters. The highest BCUT2D eigenvalue weighted by Crippen LogP contribution is 2.13. The van der Waals surface area contributed by atoms with Crippen molar-refractivity contribution in [3.8, 4) is 5.88 Å². The number of carbonyl (C=O) groups is 1. The molecule has 1 aromatic heterocycles. The zero-order chi connectivity index (χ0) is 13.2. The molecule has 1 amide bonds. The summed E-state index contributed by atoms with van der Waals surface area (Å²) in [6.07, 6.45) is 6.12. The number of carbonyl (C=O) groups excluding carboxylic acids is 1. The van der Waals surface area contributed by atoms with E-state index >= 15 is 0 Å².